The van der Waals surface area contributed by atoms with Crippen LogP contribution in [-0.4, -0.2) is 17.0 Å². The standard InChI is InChI=1S/C12H11NO3S2/c1-6-7(2)18-11(9(6)12(15)16)13-10(14)8-3-4-17-5-8/h3-5H,1-2H3,(H,13,14)(H,15,16). The summed E-state index contributed by atoms with van der Waals surface area (Å²) in [4.78, 5) is 24.0. The number of aryl methyl sites for hydroxylation is 1. The van der Waals surface area contributed by atoms with Crippen LogP contribution in [0.1, 0.15) is 31.2 Å². The van der Waals surface area contributed by atoms with Crippen LogP contribution in [0.3, 0.4) is 0 Å². The van der Waals surface area contributed by atoms with Gasteiger partial charge in [0.05, 0.1) is 11.1 Å². The van der Waals surface area contributed by atoms with Gasteiger partial charge in [0.1, 0.15) is 5.00 Å². The zero-order valence-electron chi connectivity index (χ0n) is 9.81. The molecule has 4 nitrogen and oxygen atoms in total. The lowest BCUT2D eigenvalue weighted by Gasteiger charge is -2.02. The molecule has 0 aromatic carbocycles. The molecule has 0 atom stereocenters. The molecule has 0 aliphatic rings. The molecule has 0 fully saturated rings. The molecule has 1 amide bonds. The van der Waals surface area contributed by atoms with Crippen LogP contribution >= 0.6 is 22.7 Å². The number of carbonyl (C=O) groups excluding carboxylic acids is 1. The molecule has 0 unspecified atom stereocenters. The number of hydrogen-bond acceptors (Lipinski definition) is 4. The maximum Gasteiger partial charge on any atom is 0.338 e. The van der Waals surface area contributed by atoms with Crippen molar-refractivity contribution in [2.45, 2.75) is 13.8 Å². The van der Waals surface area contributed by atoms with Crippen molar-refractivity contribution in [1.82, 2.24) is 0 Å². The van der Waals surface area contributed by atoms with Crippen LogP contribution in [0.4, 0.5) is 5.00 Å². The molecule has 2 N–H and O–H groups in total. The van der Waals surface area contributed by atoms with Gasteiger partial charge in [-0.15, -0.1) is 11.3 Å². The number of carboxylic acid groups (broad SMARTS) is 1. The summed E-state index contributed by atoms with van der Waals surface area (Å²) in [5, 5.41) is 15.7. The summed E-state index contributed by atoms with van der Waals surface area (Å²) in [6, 6.07) is 1.70. The average Bonchev–Trinajstić information content (AvgIpc) is 2.88. The second-order valence-corrected chi connectivity index (χ2v) is 5.76. The van der Waals surface area contributed by atoms with Gasteiger partial charge in [-0.05, 0) is 30.9 Å². The van der Waals surface area contributed by atoms with Crippen LogP contribution in [0.5, 0.6) is 0 Å². The smallest absolute Gasteiger partial charge is 0.338 e. The van der Waals surface area contributed by atoms with Gasteiger partial charge in [-0.1, -0.05) is 0 Å². The van der Waals surface area contributed by atoms with Gasteiger partial charge in [0.15, 0.2) is 0 Å². The van der Waals surface area contributed by atoms with Gasteiger partial charge in [-0.25, -0.2) is 4.79 Å². The van der Waals surface area contributed by atoms with Crippen molar-refractivity contribution in [3.8, 4) is 0 Å². The molecule has 2 aromatic rings. The van der Waals surface area contributed by atoms with E-state index in [-0.39, 0.29) is 11.5 Å². The lowest BCUT2D eigenvalue weighted by atomic mass is 10.1. The summed E-state index contributed by atoms with van der Waals surface area (Å²) in [7, 11) is 0. The van der Waals surface area contributed by atoms with Crippen molar-refractivity contribution in [3.63, 3.8) is 0 Å². The Morgan fingerprint density at radius 2 is 2.06 bits per heavy atom. The van der Waals surface area contributed by atoms with Crippen molar-refractivity contribution >= 4 is 39.6 Å². The summed E-state index contributed by atoms with van der Waals surface area (Å²) in [6.07, 6.45) is 0. The van der Waals surface area contributed by atoms with Crippen molar-refractivity contribution < 1.29 is 14.7 Å². The van der Waals surface area contributed by atoms with Crippen LogP contribution in [-0.2, 0) is 0 Å². The quantitative estimate of drug-likeness (QED) is 0.906. The van der Waals surface area contributed by atoms with Gasteiger partial charge in [0.2, 0.25) is 0 Å². The molecule has 2 aromatic heterocycles. The Kier molecular flexibility index (Phi) is 3.49. The summed E-state index contributed by atoms with van der Waals surface area (Å²) in [5.74, 6) is -1.29. The molecule has 0 saturated carbocycles. The Morgan fingerprint density at radius 3 is 2.61 bits per heavy atom. The zero-order valence-corrected chi connectivity index (χ0v) is 11.4. The fourth-order valence-corrected chi connectivity index (χ4v) is 3.22. The fourth-order valence-electron chi connectivity index (χ4n) is 1.54. The first-order valence-electron chi connectivity index (χ1n) is 5.17. The van der Waals surface area contributed by atoms with E-state index in [0.29, 0.717) is 16.1 Å². The SMILES string of the molecule is Cc1sc(NC(=O)c2ccsc2)c(C(=O)O)c1C. The van der Waals surface area contributed by atoms with Gasteiger partial charge in [-0.2, -0.15) is 11.3 Å². The number of carboxylic acids is 1. The predicted molar refractivity (Wildman–Crippen MR) is 73.0 cm³/mol. The fraction of sp³-hybridized carbons (Fsp3) is 0.167. The average molecular weight is 281 g/mol. The molecule has 0 bridgehead atoms. The van der Waals surface area contributed by atoms with Gasteiger partial charge in [0, 0.05) is 10.3 Å². The van der Waals surface area contributed by atoms with Crippen molar-refractivity contribution in [1.29, 1.82) is 0 Å². The number of carbonyl (C=O) groups is 2. The number of anilines is 1. The van der Waals surface area contributed by atoms with E-state index in [1.807, 2.05) is 6.92 Å². The Balaban J connectivity index is 2.32. The maximum absolute atomic E-state index is 11.9. The first kappa shape index (κ1) is 12.8. The molecule has 94 valence electrons. The second-order valence-electron chi connectivity index (χ2n) is 3.76. The third-order valence-electron chi connectivity index (χ3n) is 2.61. The molecule has 2 heterocycles. The Morgan fingerprint density at radius 1 is 1.33 bits per heavy atom. The van der Waals surface area contributed by atoms with Crippen molar-refractivity contribution in [2.75, 3.05) is 5.32 Å². The topological polar surface area (TPSA) is 66.4 Å². The largest absolute Gasteiger partial charge is 0.478 e. The van der Waals surface area contributed by atoms with Crippen molar-refractivity contribution in [2.24, 2.45) is 0 Å². The Labute approximate surface area is 112 Å². The molecule has 0 radical (unpaired) electrons. The van der Waals surface area contributed by atoms with E-state index in [4.69, 9.17) is 5.11 Å². The lowest BCUT2D eigenvalue weighted by Crippen LogP contribution is -2.12. The normalized spacial score (nSPS) is 10.3. The summed E-state index contributed by atoms with van der Waals surface area (Å²) in [6.45, 7) is 3.59. The monoisotopic (exact) mass is 281 g/mol. The van der Waals surface area contributed by atoms with Crippen LogP contribution in [0.2, 0.25) is 0 Å². The molecule has 0 spiro atoms. The number of thiophene rings is 2. The van der Waals surface area contributed by atoms with Gasteiger partial charge >= 0.3 is 5.97 Å². The first-order chi connectivity index (χ1) is 8.50. The molecule has 2 rings (SSSR count). The van der Waals surface area contributed by atoms with Crippen LogP contribution in [0.25, 0.3) is 0 Å². The first-order valence-corrected chi connectivity index (χ1v) is 6.93. The highest BCUT2D eigenvalue weighted by atomic mass is 32.1. The highest BCUT2D eigenvalue weighted by molar-refractivity contribution is 7.16. The zero-order chi connectivity index (χ0) is 13.3. The summed E-state index contributed by atoms with van der Waals surface area (Å²) in [5.41, 5.74) is 1.43. The molecule has 0 aliphatic carbocycles. The maximum atomic E-state index is 11.9. The molecular formula is C12H11NO3S2. The third-order valence-corrected chi connectivity index (χ3v) is 4.42. The second kappa shape index (κ2) is 4.91. The number of amides is 1. The number of aromatic carboxylic acids is 1. The van der Waals surface area contributed by atoms with E-state index in [9.17, 15) is 9.59 Å². The number of nitrogens with one attached hydrogen (secondary N) is 1. The highest BCUT2D eigenvalue weighted by Crippen LogP contribution is 2.32. The van der Waals surface area contributed by atoms with Crippen LogP contribution < -0.4 is 5.32 Å². The minimum Gasteiger partial charge on any atom is -0.478 e. The molecule has 0 saturated heterocycles. The van der Waals surface area contributed by atoms with E-state index < -0.39 is 5.97 Å². The van der Waals surface area contributed by atoms with Crippen molar-refractivity contribution in [3.05, 3.63) is 38.4 Å². The van der Waals surface area contributed by atoms with Gasteiger partial charge in [0.25, 0.3) is 5.91 Å². The molecule has 18 heavy (non-hydrogen) atoms. The highest BCUT2D eigenvalue weighted by Gasteiger charge is 2.20. The van der Waals surface area contributed by atoms with E-state index in [1.165, 1.54) is 22.7 Å². The van der Waals surface area contributed by atoms with E-state index in [1.54, 1.807) is 23.8 Å². The number of hydrogen-bond donors (Lipinski definition) is 2. The van der Waals surface area contributed by atoms with Gasteiger partial charge < -0.3 is 10.4 Å². The third kappa shape index (κ3) is 2.30. The summed E-state index contributed by atoms with van der Waals surface area (Å²) < 4.78 is 0. The number of rotatable bonds is 3. The van der Waals surface area contributed by atoms with E-state index in [0.717, 1.165) is 4.88 Å². The van der Waals surface area contributed by atoms with Gasteiger partial charge in [-0.3, -0.25) is 4.79 Å². The Hall–Kier alpha value is -1.66. The van der Waals surface area contributed by atoms with Crippen LogP contribution in [0.15, 0.2) is 16.8 Å². The summed E-state index contributed by atoms with van der Waals surface area (Å²) >= 11 is 2.71. The van der Waals surface area contributed by atoms with Crippen LogP contribution in [0, 0.1) is 13.8 Å². The Bertz CT molecular complexity index is 599. The minimum absolute atomic E-state index is 0.182. The van der Waals surface area contributed by atoms with E-state index in [2.05, 4.69) is 5.32 Å². The lowest BCUT2D eigenvalue weighted by molar-refractivity contribution is 0.0697. The molecular weight excluding hydrogens is 270 g/mol. The minimum atomic E-state index is -1.02. The molecule has 6 heteroatoms. The predicted octanol–water partition coefficient (Wildman–Crippen LogP) is 3.38. The van der Waals surface area contributed by atoms with E-state index >= 15 is 0 Å². The molecule has 0 aliphatic heterocycles.